The molecule has 0 aromatic heterocycles. The highest BCUT2D eigenvalue weighted by molar-refractivity contribution is 6.10. The Morgan fingerprint density at radius 1 is 1.55 bits per heavy atom. The molecule has 3 nitrogen and oxygen atoms in total. The van der Waals surface area contributed by atoms with E-state index in [1.807, 2.05) is 7.85 Å². The summed E-state index contributed by atoms with van der Waals surface area (Å²) >= 11 is 0. The largest absolute Gasteiger partial charge is 0.388 e. The quantitative estimate of drug-likeness (QED) is 0.522. The van der Waals surface area contributed by atoms with Crippen LogP contribution in [0.2, 0.25) is 0 Å². The van der Waals surface area contributed by atoms with Gasteiger partial charge in [0.05, 0.1) is 0 Å². The maximum atomic E-state index is 9.42. The molecule has 0 aliphatic carbocycles. The van der Waals surface area contributed by atoms with E-state index in [0.29, 0.717) is 0 Å². The van der Waals surface area contributed by atoms with Gasteiger partial charge in [0.2, 0.25) is 0 Å². The summed E-state index contributed by atoms with van der Waals surface area (Å²) in [4.78, 5) is 0. The van der Waals surface area contributed by atoms with E-state index < -0.39 is 12.4 Å². The minimum Gasteiger partial charge on any atom is -0.388 e. The number of ether oxygens (including phenoxy) is 2. The van der Waals surface area contributed by atoms with Crippen LogP contribution in [0.15, 0.2) is 0 Å². The highest BCUT2D eigenvalue weighted by Gasteiger charge is 2.24. The molecule has 3 atom stereocenters. The van der Waals surface area contributed by atoms with E-state index in [0.717, 1.165) is 19.3 Å². The zero-order valence-electron chi connectivity index (χ0n) is 7.12. The minimum absolute atomic E-state index is 0.206. The maximum Gasteiger partial charge on any atom is 0.182 e. The second-order valence-electron chi connectivity index (χ2n) is 3.05. The summed E-state index contributed by atoms with van der Waals surface area (Å²) in [6.45, 7) is 0. The highest BCUT2D eigenvalue weighted by Crippen LogP contribution is 2.17. The van der Waals surface area contributed by atoms with Crippen molar-refractivity contribution in [3.8, 4) is 0 Å². The predicted molar refractivity (Wildman–Crippen MR) is 44.1 cm³/mol. The third-order valence-corrected chi connectivity index (χ3v) is 2.02. The molecule has 1 aliphatic heterocycles. The fraction of sp³-hybridized carbons (Fsp3) is 1.00. The van der Waals surface area contributed by atoms with Crippen molar-refractivity contribution < 1.29 is 14.6 Å². The smallest absolute Gasteiger partial charge is 0.182 e. The summed E-state index contributed by atoms with van der Waals surface area (Å²) in [6, 6.07) is 0.206. The van der Waals surface area contributed by atoms with Crippen molar-refractivity contribution in [2.75, 3.05) is 7.11 Å². The SMILES string of the molecule is B[C@H]1CCC[C@H](O)[C@@H](OC)O1. The molecule has 0 bridgehead atoms. The summed E-state index contributed by atoms with van der Waals surface area (Å²) in [5.41, 5.74) is 0. The molecular weight excluding hydrogens is 143 g/mol. The van der Waals surface area contributed by atoms with Crippen LogP contribution in [0.4, 0.5) is 0 Å². The van der Waals surface area contributed by atoms with Crippen molar-refractivity contribution in [2.45, 2.75) is 37.7 Å². The van der Waals surface area contributed by atoms with E-state index in [1.165, 1.54) is 0 Å². The van der Waals surface area contributed by atoms with Gasteiger partial charge in [0.1, 0.15) is 14.0 Å². The molecule has 0 aromatic carbocycles. The lowest BCUT2D eigenvalue weighted by atomic mass is 9.95. The number of aliphatic hydroxyl groups is 1. The van der Waals surface area contributed by atoms with Crippen LogP contribution < -0.4 is 0 Å². The van der Waals surface area contributed by atoms with Crippen molar-refractivity contribution in [1.82, 2.24) is 0 Å². The van der Waals surface area contributed by atoms with Crippen molar-refractivity contribution in [3.05, 3.63) is 0 Å². The predicted octanol–water partition coefficient (Wildman–Crippen LogP) is -0.521. The van der Waals surface area contributed by atoms with E-state index in [2.05, 4.69) is 0 Å². The van der Waals surface area contributed by atoms with Crippen LogP contribution in [-0.4, -0.2) is 38.5 Å². The molecule has 64 valence electrons. The molecule has 0 unspecified atom stereocenters. The van der Waals surface area contributed by atoms with Gasteiger partial charge in [-0.15, -0.1) is 0 Å². The second kappa shape index (κ2) is 4.09. The van der Waals surface area contributed by atoms with Gasteiger partial charge in [0.25, 0.3) is 0 Å². The number of hydrogen-bond donors (Lipinski definition) is 1. The molecule has 1 aliphatic rings. The van der Waals surface area contributed by atoms with Gasteiger partial charge in [-0.25, -0.2) is 0 Å². The molecule has 0 saturated carbocycles. The summed E-state index contributed by atoms with van der Waals surface area (Å²) < 4.78 is 10.4. The van der Waals surface area contributed by atoms with E-state index in [4.69, 9.17) is 9.47 Å². The van der Waals surface area contributed by atoms with E-state index in [1.54, 1.807) is 7.11 Å². The van der Waals surface area contributed by atoms with Crippen molar-refractivity contribution in [1.29, 1.82) is 0 Å². The van der Waals surface area contributed by atoms with Crippen molar-refractivity contribution >= 4 is 7.85 Å². The molecule has 0 radical (unpaired) electrons. The van der Waals surface area contributed by atoms with E-state index in [-0.39, 0.29) is 6.00 Å². The van der Waals surface area contributed by atoms with Gasteiger partial charge in [0, 0.05) is 13.1 Å². The Bertz CT molecular complexity index is 120. The molecule has 11 heavy (non-hydrogen) atoms. The van der Waals surface area contributed by atoms with E-state index >= 15 is 0 Å². The Morgan fingerprint density at radius 3 is 2.91 bits per heavy atom. The van der Waals surface area contributed by atoms with Gasteiger partial charge in [-0.3, -0.25) is 0 Å². The lowest BCUT2D eigenvalue weighted by Gasteiger charge is -2.20. The van der Waals surface area contributed by atoms with Gasteiger partial charge in [-0.2, -0.15) is 0 Å². The Hall–Kier alpha value is -0.0551. The van der Waals surface area contributed by atoms with Crippen molar-refractivity contribution in [2.24, 2.45) is 0 Å². The molecule has 1 rings (SSSR count). The summed E-state index contributed by atoms with van der Waals surface area (Å²) in [6.07, 6.45) is 1.93. The first-order valence-corrected chi connectivity index (χ1v) is 4.10. The summed E-state index contributed by atoms with van der Waals surface area (Å²) in [5, 5.41) is 9.42. The Kier molecular flexibility index (Phi) is 3.36. The first-order valence-electron chi connectivity index (χ1n) is 4.10. The normalized spacial score (nSPS) is 40.0. The zero-order chi connectivity index (χ0) is 8.27. The maximum absolute atomic E-state index is 9.42. The number of aliphatic hydroxyl groups excluding tert-OH is 1. The van der Waals surface area contributed by atoms with Crippen LogP contribution in [0.3, 0.4) is 0 Å². The molecule has 1 N–H and O–H groups in total. The molecule has 0 spiro atoms. The lowest BCUT2D eigenvalue weighted by Crippen LogP contribution is -2.31. The molecule has 1 fully saturated rings. The zero-order valence-corrected chi connectivity index (χ0v) is 7.12. The van der Waals surface area contributed by atoms with Gasteiger partial charge >= 0.3 is 0 Å². The lowest BCUT2D eigenvalue weighted by molar-refractivity contribution is -0.181. The average molecular weight is 158 g/mol. The third-order valence-electron chi connectivity index (χ3n) is 2.02. The van der Waals surface area contributed by atoms with Crippen molar-refractivity contribution in [3.63, 3.8) is 0 Å². The number of hydrogen-bond acceptors (Lipinski definition) is 3. The number of rotatable bonds is 1. The molecule has 1 heterocycles. The molecule has 0 amide bonds. The fourth-order valence-electron chi connectivity index (χ4n) is 1.35. The summed E-state index contributed by atoms with van der Waals surface area (Å²) in [5.74, 6) is 0. The molecule has 0 aromatic rings. The Labute approximate surface area is 68.1 Å². The Morgan fingerprint density at radius 2 is 2.27 bits per heavy atom. The Balaban J connectivity index is 2.45. The van der Waals surface area contributed by atoms with E-state index in [9.17, 15) is 5.11 Å². The standard InChI is InChI=1S/C7H15BO3/c1-10-7-5(9)3-2-4-6(8)11-7/h5-7,9H,2-4,8H2,1H3/t5-,6+,7-/m0/s1. The van der Waals surface area contributed by atoms with Crippen LogP contribution in [-0.2, 0) is 9.47 Å². The first-order chi connectivity index (χ1) is 5.24. The number of methoxy groups -OCH3 is 1. The van der Waals surface area contributed by atoms with Crippen LogP contribution in [0, 0.1) is 0 Å². The van der Waals surface area contributed by atoms with Crippen LogP contribution in [0.5, 0.6) is 0 Å². The second-order valence-corrected chi connectivity index (χ2v) is 3.05. The third kappa shape index (κ3) is 2.47. The minimum atomic E-state index is -0.454. The molecule has 1 saturated heterocycles. The molecular formula is C7H15BO3. The van der Waals surface area contributed by atoms with Crippen LogP contribution >= 0.6 is 0 Å². The fourth-order valence-corrected chi connectivity index (χ4v) is 1.35. The summed E-state index contributed by atoms with van der Waals surface area (Å²) in [7, 11) is 3.57. The van der Waals surface area contributed by atoms with Gasteiger partial charge < -0.3 is 14.6 Å². The van der Waals surface area contributed by atoms with Gasteiger partial charge in [-0.05, 0) is 19.3 Å². The monoisotopic (exact) mass is 158 g/mol. The van der Waals surface area contributed by atoms with Crippen LogP contribution in [0.25, 0.3) is 0 Å². The average Bonchev–Trinajstić information content (AvgIpc) is 2.13. The van der Waals surface area contributed by atoms with Gasteiger partial charge in [0.15, 0.2) is 6.29 Å². The molecule has 4 heteroatoms. The topological polar surface area (TPSA) is 38.7 Å². The highest BCUT2D eigenvalue weighted by atomic mass is 16.7. The first kappa shape index (κ1) is 9.04. The van der Waals surface area contributed by atoms with Crippen LogP contribution in [0.1, 0.15) is 19.3 Å². The van der Waals surface area contributed by atoms with Gasteiger partial charge in [-0.1, -0.05) is 0 Å².